The van der Waals surface area contributed by atoms with E-state index < -0.39 is 0 Å². The van der Waals surface area contributed by atoms with E-state index in [-0.39, 0.29) is 6.42 Å². The molecule has 0 amide bonds. The normalized spacial score (nSPS) is 11.4. The highest BCUT2D eigenvalue weighted by molar-refractivity contribution is 5.73. The Morgan fingerprint density at radius 2 is 2.07 bits per heavy atom. The van der Waals surface area contributed by atoms with Crippen LogP contribution in [-0.2, 0) is 4.79 Å². The third kappa shape index (κ3) is 17.1. The molecule has 0 aromatic heterocycles. The van der Waals surface area contributed by atoms with Gasteiger partial charge in [-0.15, -0.1) is 0 Å². The molecule has 0 saturated carbocycles. The second-order valence-corrected chi connectivity index (χ2v) is 2.96. The zero-order valence-corrected chi connectivity index (χ0v) is 9.45. The molecule has 82 valence electrons. The molecule has 0 aromatic rings. The average molecular weight is 199 g/mol. The van der Waals surface area contributed by atoms with E-state index >= 15 is 0 Å². The van der Waals surface area contributed by atoms with Crippen LogP contribution in [0.5, 0.6) is 0 Å². The van der Waals surface area contributed by atoms with E-state index in [1.807, 2.05) is 7.05 Å². The fourth-order valence-corrected chi connectivity index (χ4v) is 0.335. The molecular formula is C10H21N3O. The van der Waals surface area contributed by atoms with Crippen molar-refractivity contribution in [3.8, 4) is 0 Å². The van der Waals surface area contributed by atoms with Gasteiger partial charge < -0.3 is 15.8 Å². The first-order chi connectivity index (χ1) is 6.58. The molecule has 0 saturated heterocycles. The lowest BCUT2D eigenvalue weighted by atomic mass is 10.3. The van der Waals surface area contributed by atoms with Crippen molar-refractivity contribution in [3.63, 3.8) is 0 Å². The first-order valence-corrected chi connectivity index (χ1v) is 4.56. The summed E-state index contributed by atoms with van der Waals surface area (Å²) in [6.07, 6.45) is 4.20. The molecular weight excluding hydrogens is 178 g/mol. The molecule has 0 atom stereocenters. The van der Waals surface area contributed by atoms with E-state index in [0.29, 0.717) is 11.7 Å². The summed E-state index contributed by atoms with van der Waals surface area (Å²) in [6.45, 7) is 4.22. The number of nitrogens with zero attached hydrogens (tertiary/aromatic N) is 1. The summed E-state index contributed by atoms with van der Waals surface area (Å²) in [5.41, 5.74) is 5.85. The van der Waals surface area contributed by atoms with Crippen LogP contribution >= 0.6 is 0 Å². The number of hydrogen-bond acceptors (Lipinski definition) is 4. The molecule has 0 aromatic carbocycles. The molecule has 0 aliphatic heterocycles. The molecule has 0 unspecified atom stereocenters. The van der Waals surface area contributed by atoms with E-state index in [9.17, 15) is 4.79 Å². The van der Waals surface area contributed by atoms with Crippen molar-refractivity contribution in [2.24, 2.45) is 10.7 Å². The summed E-state index contributed by atoms with van der Waals surface area (Å²) < 4.78 is 0. The Labute approximate surface area is 86.3 Å². The lowest BCUT2D eigenvalue weighted by Crippen LogP contribution is -2.15. The zero-order chi connectivity index (χ0) is 11.4. The molecule has 0 spiro atoms. The highest BCUT2D eigenvalue weighted by atomic mass is 16.1. The van der Waals surface area contributed by atoms with Gasteiger partial charge in [0.1, 0.15) is 6.29 Å². The maximum Gasteiger partial charge on any atom is 0.125 e. The van der Waals surface area contributed by atoms with Crippen molar-refractivity contribution in [3.05, 3.63) is 11.8 Å². The van der Waals surface area contributed by atoms with Crippen LogP contribution in [0.1, 0.15) is 20.3 Å². The maximum absolute atomic E-state index is 9.81. The minimum atomic E-state index is 0.284. The van der Waals surface area contributed by atoms with E-state index in [1.54, 1.807) is 19.3 Å². The van der Waals surface area contributed by atoms with Crippen molar-refractivity contribution in [1.82, 2.24) is 5.32 Å². The molecule has 4 heteroatoms. The van der Waals surface area contributed by atoms with Crippen molar-refractivity contribution in [1.29, 1.82) is 0 Å². The molecule has 0 rings (SSSR count). The topological polar surface area (TPSA) is 67.5 Å². The predicted molar refractivity (Wildman–Crippen MR) is 61.6 cm³/mol. The van der Waals surface area contributed by atoms with Crippen LogP contribution in [0, 0.1) is 0 Å². The fourth-order valence-electron chi connectivity index (χ4n) is 0.335. The van der Waals surface area contributed by atoms with E-state index in [0.717, 1.165) is 6.29 Å². The van der Waals surface area contributed by atoms with Gasteiger partial charge in [-0.05, 0) is 13.1 Å². The largest absolute Gasteiger partial charge is 0.402 e. The number of allylic oxidation sites excluding steroid dienone is 2. The Balaban J connectivity index is 0. The number of rotatable bonds is 4. The average Bonchev–Trinajstić information content (AvgIpc) is 2.16. The molecule has 0 aliphatic carbocycles. The number of aldehydes is 1. The Morgan fingerprint density at radius 3 is 2.36 bits per heavy atom. The third-order valence-corrected chi connectivity index (χ3v) is 1.33. The fraction of sp³-hybridized carbons (Fsp3) is 0.600. The van der Waals surface area contributed by atoms with Gasteiger partial charge in [-0.1, -0.05) is 13.8 Å². The van der Waals surface area contributed by atoms with Gasteiger partial charge >= 0.3 is 0 Å². The molecule has 0 aliphatic rings. The van der Waals surface area contributed by atoms with Crippen LogP contribution in [0.25, 0.3) is 0 Å². The van der Waals surface area contributed by atoms with Gasteiger partial charge in [-0.2, -0.15) is 0 Å². The number of aliphatic imine (C=N–C) groups is 1. The molecule has 0 heterocycles. The van der Waals surface area contributed by atoms with E-state index in [4.69, 9.17) is 5.73 Å². The summed E-state index contributed by atoms with van der Waals surface area (Å²) >= 11 is 0. The van der Waals surface area contributed by atoms with Gasteiger partial charge in [0.2, 0.25) is 0 Å². The summed E-state index contributed by atoms with van der Waals surface area (Å²) in [6, 6.07) is 0.634. The lowest BCUT2D eigenvalue weighted by molar-refractivity contribution is -0.107. The van der Waals surface area contributed by atoms with E-state index in [1.165, 1.54) is 0 Å². The van der Waals surface area contributed by atoms with Crippen molar-refractivity contribution in [2.45, 2.75) is 26.3 Å². The Kier molecular flexibility index (Phi) is 13.0. The van der Waals surface area contributed by atoms with Gasteiger partial charge in [0.05, 0.1) is 0 Å². The first kappa shape index (κ1) is 15.3. The standard InChI is InChI=1S/C6H10N2O.C4H11N/c1-8-4-2-6(7)3-5-9;1-4(2)5-3/h2,4-5H,3,7H2,1H3;4-5H,1-3H3/b6-2-,8-4?;. The smallest absolute Gasteiger partial charge is 0.125 e. The quantitative estimate of drug-likeness (QED) is 0.518. The SMILES string of the molecule is CN=C/C=C(\N)CC=O.CNC(C)C. The molecule has 14 heavy (non-hydrogen) atoms. The predicted octanol–water partition coefficient (Wildman–Crippen LogP) is 0.733. The first-order valence-electron chi connectivity index (χ1n) is 4.56. The highest BCUT2D eigenvalue weighted by Gasteiger charge is 1.82. The maximum atomic E-state index is 9.81. The van der Waals surface area contributed by atoms with Gasteiger partial charge in [0, 0.05) is 31.4 Å². The van der Waals surface area contributed by atoms with Crippen LogP contribution in [0.2, 0.25) is 0 Å². The van der Waals surface area contributed by atoms with Crippen LogP contribution in [0.3, 0.4) is 0 Å². The van der Waals surface area contributed by atoms with Gasteiger partial charge in [-0.3, -0.25) is 4.99 Å². The second-order valence-electron chi connectivity index (χ2n) is 2.96. The zero-order valence-electron chi connectivity index (χ0n) is 9.45. The Bertz CT molecular complexity index is 186. The number of carbonyl (C=O) groups is 1. The van der Waals surface area contributed by atoms with Gasteiger partial charge in [-0.25, -0.2) is 0 Å². The summed E-state index contributed by atoms with van der Waals surface area (Å²) in [4.78, 5) is 13.5. The van der Waals surface area contributed by atoms with E-state index in [2.05, 4.69) is 24.2 Å². The molecule has 3 N–H and O–H groups in total. The van der Waals surface area contributed by atoms with Crippen LogP contribution in [0.4, 0.5) is 0 Å². The van der Waals surface area contributed by atoms with Gasteiger partial charge in [0.25, 0.3) is 0 Å². The third-order valence-electron chi connectivity index (χ3n) is 1.33. The van der Waals surface area contributed by atoms with Crippen molar-refractivity contribution < 1.29 is 4.79 Å². The van der Waals surface area contributed by atoms with Gasteiger partial charge in [0.15, 0.2) is 0 Å². The minimum Gasteiger partial charge on any atom is -0.402 e. The van der Waals surface area contributed by atoms with Crippen molar-refractivity contribution in [2.75, 3.05) is 14.1 Å². The summed E-state index contributed by atoms with van der Waals surface area (Å²) in [5.74, 6) is 0. The molecule has 4 nitrogen and oxygen atoms in total. The summed E-state index contributed by atoms with van der Waals surface area (Å²) in [7, 11) is 3.59. The Hall–Kier alpha value is -1.16. The monoisotopic (exact) mass is 199 g/mol. The van der Waals surface area contributed by atoms with Crippen LogP contribution < -0.4 is 11.1 Å². The number of hydrogen-bond donors (Lipinski definition) is 2. The van der Waals surface area contributed by atoms with Crippen molar-refractivity contribution >= 4 is 12.5 Å². The van der Waals surface area contributed by atoms with Crippen LogP contribution in [0.15, 0.2) is 16.8 Å². The van der Waals surface area contributed by atoms with Crippen LogP contribution in [-0.4, -0.2) is 32.6 Å². The molecule has 0 radical (unpaired) electrons. The lowest BCUT2D eigenvalue weighted by Gasteiger charge is -1.95. The second kappa shape index (κ2) is 11.8. The number of nitrogens with two attached hydrogens (primary N) is 1. The number of carbonyl (C=O) groups excluding carboxylic acids is 1. The minimum absolute atomic E-state index is 0.284. The number of nitrogens with one attached hydrogen (secondary N) is 1. The highest BCUT2D eigenvalue weighted by Crippen LogP contribution is 1.84. The molecule has 0 bridgehead atoms. The molecule has 0 fully saturated rings. The summed E-state index contributed by atoms with van der Waals surface area (Å²) in [5, 5.41) is 3.03. The Morgan fingerprint density at radius 1 is 1.57 bits per heavy atom.